The summed E-state index contributed by atoms with van der Waals surface area (Å²) in [4.78, 5) is 27.9. The van der Waals surface area contributed by atoms with Gasteiger partial charge < -0.3 is 20.4 Å². The number of para-hydroxylation sites is 1. The molecule has 1 saturated carbocycles. The minimum absolute atomic E-state index is 0.0535. The Labute approximate surface area is 172 Å². The quantitative estimate of drug-likeness (QED) is 0.643. The summed E-state index contributed by atoms with van der Waals surface area (Å²) in [6.45, 7) is 5.93. The maximum Gasteiger partial charge on any atom is 0.407 e. The number of rotatable bonds is 7. The molecule has 0 aliphatic heterocycles. The molecule has 158 valence electrons. The maximum absolute atomic E-state index is 12.6. The van der Waals surface area contributed by atoms with E-state index in [0.717, 1.165) is 44.0 Å². The first-order valence-corrected chi connectivity index (χ1v) is 10.6. The van der Waals surface area contributed by atoms with Crippen molar-refractivity contribution in [3.05, 3.63) is 36.0 Å². The number of fused-ring (bicyclic) bond motifs is 1. The van der Waals surface area contributed by atoms with Crippen molar-refractivity contribution in [3.8, 4) is 0 Å². The Morgan fingerprint density at radius 1 is 1.17 bits per heavy atom. The van der Waals surface area contributed by atoms with Crippen LogP contribution in [0.25, 0.3) is 10.9 Å². The number of nitrogens with one attached hydrogen (secondary N) is 3. The predicted octanol–water partition coefficient (Wildman–Crippen LogP) is 4.44. The molecule has 0 radical (unpaired) electrons. The monoisotopic (exact) mass is 399 g/mol. The second kappa shape index (κ2) is 8.89. The van der Waals surface area contributed by atoms with E-state index in [9.17, 15) is 9.59 Å². The molecule has 1 aliphatic rings. The summed E-state index contributed by atoms with van der Waals surface area (Å²) < 4.78 is 5.32. The highest BCUT2D eigenvalue weighted by Crippen LogP contribution is 2.29. The zero-order valence-electron chi connectivity index (χ0n) is 17.8. The number of ether oxygens (including phenoxy) is 1. The summed E-state index contributed by atoms with van der Waals surface area (Å²) in [6, 6.07) is 8.22. The van der Waals surface area contributed by atoms with Crippen LogP contribution < -0.4 is 10.6 Å². The highest BCUT2D eigenvalue weighted by Gasteiger charge is 2.36. The van der Waals surface area contributed by atoms with Gasteiger partial charge in [-0.25, -0.2) is 4.79 Å². The number of carbonyl (C=O) groups is 2. The first-order valence-electron chi connectivity index (χ1n) is 10.6. The van der Waals surface area contributed by atoms with Crippen LogP contribution in [0, 0.1) is 0 Å². The minimum atomic E-state index is -0.529. The van der Waals surface area contributed by atoms with E-state index in [1.165, 1.54) is 10.9 Å². The Morgan fingerprint density at radius 3 is 2.62 bits per heavy atom. The molecule has 0 atom stereocenters. The van der Waals surface area contributed by atoms with E-state index in [-0.39, 0.29) is 11.4 Å². The van der Waals surface area contributed by atoms with Crippen LogP contribution in [-0.2, 0) is 16.0 Å². The Balaban J connectivity index is 1.48. The summed E-state index contributed by atoms with van der Waals surface area (Å²) in [7, 11) is 0. The standard InChI is InChI=1S/C23H33N3O3/c1-22(2,3)29-21(28)25-16-23(13-6-7-14-23)26-20(27)12-8-9-17-15-24-19-11-5-4-10-18(17)19/h4-5,10-11,15,24H,6-9,12-14,16H2,1-3H3,(H,25,28)(H,26,27). The van der Waals surface area contributed by atoms with E-state index in [4.69, 9.17) is 4.74 Å². The van der Waals surface area contributed by atoms with Gasteiger partial charge in [-0.1, -0.05) is 31.0 Å². The molecule has 2 amide bonds. The van der Waals surface area contributed by atoms with Gasteiger partial charge in [0.15, 0.2) is 0 Å². The third kappa shape index (κ3) is 5.99. The second-order valence-electron chi connectivity index (χ2n) is 9.10. The van der Waals surface area contributed by atoms with Gasteiger partial charge in [0, 0.05) is 30.1 Å². The highest BCUT2D eigenvalue weighted by atomic mass is 16.6. The van der Waals surface area contributed by atoms with Gasteiger partial charge in [0.2, 0.25) is 5.91 Å². The van der Waals surface area contributed by atoms with Crippen LogP contribution in [0.5, 0.6) is 0 Å². The molecule has 3 rings (SSSR count). The Bertz CT molecular complexity index is 844. The number of amides is 2. The number of carbonyl (C=O) groups excluding carboxylic acids is 2. The molecule has 3 N–H and O–H groups in total. The van der Waals surface area contributed by atoms with Gasteiger partial charge in [0.1, 0.15) is 5.60 Å². The van der Waals surface area contributed by atoms with Crippen molar-refractivity contribution in [2.24, 2.45) is 0 Å². The molecule has 0 unspecified atom stereocenters. The number of benzene rings is 1. The van der Waals surface area contributed by atoms with Crippen molar-refractivity contribution in [2.75, 3.05) is 6.54 Å². The molecule has 0 saturated heterocycles. The van der Waals surface area contributed by atoms with E-state index in [1.54, 1.807) is 0 Å². The molecular weight excluding hydrogens is 366 g/mol. The van der Waals surface area contributed by atoms with Gasteiger partial charge >= 0.3 is 6.09 Å². The topological polar surface area (TPSA) is 83.2 Å². The van der Waals surface area contributed by atoms with Gasteiger partial charge in [-0.15, -0.1) is 0 Å². The summed E-state index contributed by atoms with van der Waals surface area (Å²) in [5, 5.41) is 7.28. The predicted molar refractivity (Wildman–Crippen MR) is 115 cm³/mol. The molecule has 1 aromatic heterocycles. The SMILES string of the molecule is CC(C)(C)OC(=O)NCC1(NC(=O)CCCc2c[nH]c3ccccc23)CCCC1. The maximum atomic E-state index is 12.6. The molecule has 1 heterocycles. The van der Waals surface area contributed by atoms with Crippen LogP contribution in [0.15, 0.2) is 30.5 Å². The minimum Gasteiger partial charge on any atom is -0.444 e. The summed E-state index contributed by atoms with van der Waals surface area (Å²) in [5.41, 5.74) is 1.49. The second-order valence-corrected chi connectivity index (χ2v) is 9.10. The number of H-pyrrole nitrogens is 1. The largest absolute Gasteiger partial charge is 0.444 e. The van der Waals surface area contributed by atoms with Gasteiger partial charge in [-0.05, 0) is 58.1 Å². The number of alkyl carbamates (subject to hydrolysis) is 1. The zero-order valence-corrected chi connectivity index (χ0v) is 17.8. The number of aromatic nitrogens is 1. The van der Waals surface area contributed by atoms with Crippen molar-refractivity contribution >= 4 is 22.9 Å². The zero-order chi connectivity index (χ0) is 20.9. The highest BCUT2D eigenvalue weighted by molar-refractivity contribution is 5.83. The van der Waals surface area contributed by atoms with Crippen LogP contribution in [0.2, 0.25) is 0 Å². The number of hydrogen-bond acceptors (Lipinski definition) is 3. The van der Waals surface area contributed by atoms with E-state index in [1.807, 2.05) is 39.1 Å². The first kappa shape index (κ1) is 21.2. The summed E-state index contributed by atoms with van der Waals surface area (Å²) in [6.07, 6.45) is 7.63. The number of aromatic amines is 1. The summed E-state index contributed by atoms with van der Waals surface area (Å²) in [5.74, 6) is 0.0535. The number of aryl methyl sites for hydroxylation is 1. The van der Waals surface area contributed by atoms with Crippen molar-refractivity contribution in [2.45, 2.75) is 76.9 Å². The normalized spacial score (nSPS) is 16.0. The molecule has 1 aromatic carbocycles. The lowest BCUT2D eigenvalue weighted by atomic mass is 9.96. The van der Waals surface area contributed by atoms with Crippen molar-refractivity contribution in [1.29, 1.82) is 0 Å². The lowest BCUT2D eigenvalue weighted by Gasteiger charge is -2.31. The van der Waals surface area contributed by atoms with Crippen LogP contribution in [-0.4, -0.2) is 34.7 Å². The first-order chi connectivity index (χ1) is 13.8. The van der Waals surface area contributed by atoms with Crippen molar-refractivity contribution < 1.29 is 14.3 Å². The molecule has 6 nitrogen and oxygen atoms in total. The van der Waals surface area contributed by atoms with E-state index in [0.29, 0.717) is 13.0 Å². The fraction of sp³-hybridized carbons (Fsp3) is 0.565. The summed E-state index contributed by atoms with van der Waals surface area (Å²) >= 11 is 0. The van der Waals surface area contributed by atoms with Crippen LogP contribution in [0.1, 0.15) is 64.9 Å². The van der Waals surface area contributed by atoms with Gasteiger partial charge in [-0.3, -0.25) is 4.79 Å². The van der Waals surface area contributed by atoms with E-state index in [2.05, 4.69) is 27.8 Å². The van der Waals surface area contributed by atoms with Gasteiger partial charge in [-0.2, -0.15) is 0 Å². The van der Waals surface area contributed by atoms with Crippen molar-refractivity contribution in [1.82, 2.24) is 15.6 Å². The fourth-order valence-electron chi connectivity index (χ4n) is 4.09. The number of hydrogen-bond donors (Lipinski definition) is 3. The van der Waals surface area contributed by atoms with Crippen LogP contribution in [0.3, 0.4) is 0 Å². The molecule has 0 spiro atoms. The molecule has 1 aliphatic carbocycles. The van der Waals surface area contributed by atoms with E-state index < -0.39 is 11.7 Å². The molecule has 2 aromatic rings. The molecule has 6 heteroatoms. The van der Waals surface area contributed by atoms with E-state index >= 15 is 0 Å². The Kier molecular flexibility index (Phi) is 6.50. The molecule has 0 bridgehead atoms. The van der Waals surface area contributed by atoms with Crippen molar-refractivity contribution in [3.63, 3.8) is 0 Å². The Morgan fingerprint density at radius 2 is 1.90 bits per heavy atom. The molecular formula is C23H33N3O3. The average molecular weight is 400 g/mol. The fourth-order valence-corrected chi connectivity index (χ4v) is 4.09. The molecule has 29 heavy (non-hydrogen) atoms. The third-order valence-electron chi connectivity index (χ3n) is 5.46. The van der Waals surface area contributed by atoms with Gasteiger partial charge in [0.05, 0.1) is 5.54 Å². The lowest BCUT2D eigenvalue weighted by molar-refractivity contribution is -0.123. The van der Waals surface area contributed by atoms with Gasteiger partial charge in [0.25, 0.3) is 0 Å². The Hall–Kier alpha value is -2.50. The molecule has 1 fully saturated rings. The van der Waals surface area contributed by atoms with Crippen LogP contribution >= 0.6 is 0 Å². The lowest BCUT2D eigenvalue weighted by Crippen LogP contribution is -2.54. The average Bonchev–Trinajstić information content (AvgIpc) is 3.27. The third-order valence-corrected chi connectivity index (χ3v) is 5.46. The smallest absolute Gasteiger partial charge is 0.407 e. The van der Waals surface area contributed by atoms with Crippen LogP contribution in [0.4, 0.5) is 4.79 Å².